The van der Waals surface area contributed by atoms with Crippen LogP contribution < -0.4 is 0 Å². The Kier molecular flexibility index (Phi) is 2.89. The highest BCUT2D eigenvalue weighted by atomic mass is 16.4. The first-order valence-corrected chi connectivity index (χ1v) is 4.47. The smallest absolute Gasteiger partial charge is 0.310 e. The highest BCUT2D eigenvalue weighted by Crippen LogP contribution is 2.33. The molecule has 0 bridgehead atoms. The number of aliphatic carboxylic acids is 1. The summed E-state index contributed by atoms with van der Waals surface area (Å²) in [5.74, 6) is -0.726. The van der Waals surface area contributed by atoms with Crippen LogP contribution in [0.4, 0.5) is 0 Å². The van der Waals surface area contributed by atoms with Crippen LogP contribution in [0.15, 0.2) is 0 Å². The molecule has 0 amide bonds. The van der Waals surface area contributed by atoms with Gasteiger partial charge in [0.2, 0.25) is 0 Å². The molecule has 0 aromatic carbocycles. The van der Waals surface area contributed by atoms with Crippen LogP contribution in [0.5, 0.6) is 0 Å². The van der Waals surface area contributed by atoms with E-state index >= 15 is 0 Å². The normalized spacial score (nSPS) is 28.6. The summed E-state index contributed by atoms with van der Waals surface area (Å²) in [4.78, 5) is 12.9. The van der Waals surface area contributed by atoms with E-state index in [0.717, 1.165) is 6.54 Å². The lowest BCUT2D eigenvalue weighted by Gasteiger charge is -2.21. The van der Waals surface area contributed by atoms with Crippen molar-refractivity contribution in [3.8, 4) is 6.07 Å². The minimum atomic E-state index is -0.726. The van der Waals surface area contributed by atoms with Crippen molar-refractivity contribution in [1.29, 1.82) is 5.26 Å². The zero-order valence-electron chi connectivity index (χ0n) is 7.79. The van der Waals surface area contributed by atoms with Crippen LogP contribution in [-0.4, -0.2) is 35.6 Å². The first-order valence-electron chi connectivity index (χ1n) is 4.47. The molecular formula is C9H14N2O2. The number of carboxylic acids is 1. The molecule has 72 valence electrons. The van der Waals surface area contributed by atoms with E-state index in [-0.39, 0.29) is 0 Å². The van der Waals surface area contributed by atoms with Gasteiger partial charge in [-0.05, 0) is 12.8 Å². The molecule has 1 N–H and O–H groups in total. The summed E-state index contributed by atoms with van der Waals surface area (Å²) in [5.41, 5.74) is -0.600. The third kappa shape index (κ3) is 1.81. The third-order valence-corrected chi connectivity index (χ3v) is 2.86. The Balaban J connectivity index is 2.64. The van der Waals surface area contributed by atoms with Gasteiger partial charge in [-0.25, -0.2) is 0 Å². The standard InChI is InChI=1S/C9H14N2O2/c1-2-9(8(12)13)3-5-11(7-9)6-4-10/h2-3,5-7H2,1H3,(H,12,13). The van der Waals surface area contributed by atoms with E-state index in [2.05, 4.69) is 0 Å². The number of nitrogens with zero attached hydrogens (tertiary/aromatic N) is 2. The quantitative estimate of drug-likeness (QED) is 0.652. The van der Waals surface area contributed by atoms with E-state index in [9.17, 15) is 4.79 Å². The maximum absolute atomic E-state index is 11.0. The molecule has 1 saturated heterocycles. The van der Waals surface area contributed by atoms with Crippen LogP contribution in [-0.2, 0) is 4.79 Å². The summed E-state index contributed by atoms with van der Waals surface area (Å²) in [6, 6.07) is 2.04. The fourth-order valence-corrected chi connectivity index (χ4v) is 1.81. The number of carbonyl (C=O) groups is 1. The monoisotopic (exact) mass is 182 g/mol. The molecule has 1 rings (SSSR count). The van der Waals surface area contributed by atoms with Gasteiger partial charge >= 0.3 is 5.97 Å². The second kappa shape index (κ2) is 3.75. The first kappa shape index (κ1) is 10.0. The molecule has 1 atom stereocenters. The van der Waals surface area contributed by atoms with Crippen LogP contribution in [0, 0.1) is 16.7 Å². The maximum atomic E-state index is 11.0. The molecule has 1 fully saturated rings. The van der Waals surface area contributed by atoms with Crippen LogP contribution in [0.3, 0.4) is 0 Å². The van der Waals surface area contributed by atoms with E-state index < -0.39 is 11.4 Å². The molecule has 0 aromatic heterocycles. The van der Waals surface area contributed by atoms with Gasteiger partial charge in [-0.15, -0.1) is 0 Å². The van der Waals surface area contributed by atoms with Gasteiger partial charge in [-0.3, -0.25) is 9.69 Å². The van der Waals surface area contributed by atoms with E-state index in [1.807, 2.05) is 17.9 Å². The molecule has 1 aliphatic rings. The predicted octanol–water partition coefficient (Wildman–Crippen LogP) is 0.697. The van der Waals surface area contributed by atoms with Crippen LogP contribution in [0.2, 0.25) is 0 Å². The number of hydrogen-bond donors (Lipinski definition) is 1. The average Bonchev–Trinajstić information content (AvgIpc) is 2.50. The minimum Gasteiger partial charge on any atom is -0.481 e. The molecule has 1 unspecified atom stereocenters. The maximum Gasteiger partial charge on any atom is 0.310 e. The zero-order valence-corrected chi connectivity index (χ0v) is 7.79. The van der Waals surface area contributed by atoms with Crippen molar-refractivity contribution in [2.24, 2.45) is 5.41 Å². The molecule has 0 radical (unpaired) electrons. The van der Waals surface area contributed by atoms with Crippen molar-refractivity contribution < 1.29 is 9.90 Å². The van der Waals surface area contributed by atoms with Gasteiger partial charge in [-0.2, -0.15) is 5.26 Å². The molecule has 0 aliphatic carbocycles. The Morgan fingerprint density at radius 2 is 2.46 bits per heavy atom. The lowest BCUT2D eigenvalue weighted by atomic mass is 9.84. The largest absolute Gasteiger partial charge is 0.481 e. The van der Waals surface area contributed by atoms with Gasteiger partial charge in [0.25, 0.3) is 0 Å². The number of nitriles is 1. The molecule has 4 nitrogen and oxygen atoms in total. The van der Waals surface area contributed by atoms with Crippen LogP contribution in [0.1, 0.15) is 19.8 Å². The Labute approximate surface area is 77.8 Å². The fourth-order valence-electron chi connectivity index (χ4n) is 1.81. The molecule has 1 aliphatic heterocycles. The summed E-state index contributed by atoms with van der Waals surface area (Å²) in [7, 11) is 0. The molecule has 0 spiro atoms. The zero-order chi connectivity index (χ0) is 9.90. The lowest BCUT2D eigenvalue weighted by molar-refractivity contribution is -0.148. The van der Waals surface area contributed by atoms with Crippen molar-refractivity contribution in [2.75, 3.05) is 19.6 Å². The van der Waals surface area contributed by atoms with Gasteiger partial charge in [0.15, 0.2) is 0 Å². The van der Waals surface area contributed by atoms with E-state index in [1.165, 1.54) is 0 Å². The molecule has 13 heavy (non-hydrogen) atoms. The molecule has 0 aromatic rings. The van der Waals surface area contributed by atoms with Gasteiger partial charge in [0, 0.05) is 13.1 Å². The van der Waals surface area contributed by atoms with Gasteiger partial charge in [-0.1, -0.05) is 6.92 Å². The average molecular weight is 182 g/mol. The van der Waals surface area contributed by atoms with Gasteiger partial charge in [0.05, 0.1) is 18.0 Å². The molecular weight excluding hydrogens is 168 g/mol. The number of carboxylic acid groups (broad SMARTS) is 1. The molecule has 1 heterocycles. The van der Waals surface area contributed by atoms with Crippen molar-refractivity contribution in [3.63, 3.8) is 0 Å². The second-order valence-electron chi connectivity index (χ2n) is 3.56. The third-order valence-electron chi connectivity index (χ3n) is 2.86. The predicted molar refractivity (Wildman–Crippen MR) is 47.0 cm³/mol. The van der Waals surface area contributed by atoms with Crippen LogP contribution in [0.25, 0.3) is 0 Å². The summed E-state index contributed by atoms with van der Waals surface area (Å²) >= 11 is 0. The van der Waals surface area contributed by atoms with Crippen LogP contribution >= 0.6 is 0 Å². The Hall–Kier alpha value is -1.08. The van der Waals surface area contributed by atoms with Crippen molar-refractivity contribution in [1.82, 2.24) is 4.90 Å². The lowest BCUT2D eigenvalue weighted by Crippen LogP contribution is -2.34. The second-order valence-corrected chi connectivity index (χ2v) is 3.56. The summed E-state index contributed by atoms with van der Waals surface area (Å²) in [6.45, 7) is 3.49. The van der Waals surface area contributed by atoms with E-state index in [1.54, 1.807) is 0 Å². The summed E-state index contributed by atoms with van der Waals surface area (Å²) in [5, 5.41) is 17.5. The summed E-state index contributed by atoms with van der Waals surface area (Å²) < 4.78 is 0. The van der Waals surface area contributed by atoms with E-state index in [0.29, 0.717) is 25.9 Å². The summed E-state index contributed by atoms with van der Waals surface area (Å²) in [6.07, 6.45) is 1.31. The Morgan fingerprint density at radius 1 is 1.77 bits per heavy atom. The fraction of sp³-hybridized carbons (Fsp3) is 0.778. The SMILES string of the molecule is CCC1(C(=O)O)CCN(CC#N)C1. The van der Waals surface area contributed by atoms with Gasteiger partial charge in [0.1, 0.15) is 0 Å². The van der Waals surface area contributed by atoms with Gasteiger partial charge < -0.3 is 5.11 Å². The molecule has 4 heteroatoms. The van der Waals surface area contributed by atoms with Crippen molar-refractivity contribution in [3.05, 3.63) is 0 Å². The topological polar surface area (TPSA) is 64.3 Å². The molecule has 0 saturated carbocycles. The first-order chi connectivity index (χ1) is 6.14. The Morgan fingerprint density at radius 3 is 2.85 bits per heavy atom. The number of likely N-dealkylation sites (tertiary alicyclic amines) is 1. The Bertz CT molecular complexity index is 246. The number of hydrogen-bond acceptors (Lipinski definition) is 3. The number of rotatable bonds is 3. The van der Waals surface area contributed by atoms with Crippen molar-refractivity contribution >= 4 is 5.97 Å². The highest BCUT2D eigenvalue weighted by Gasteiger charge is 2.42. The minimum absolute atomic E-state index is 0.342. The van der Waals surface area contributed by atoms with Crippen molar-refractivity contribution in [2.45, 2.75) is 19.8 Å². The highest BCUT2D eigenvalue weighted by molar-refractivity contribution is 5.75. The van der Waals surface area contributed by atoms with E-state index in [4.69, 9.17) is 10.4 Å².